The third kappa shape index (κ3) is 3.32. The lowest BCUT2D eigenvalue weighted by Crippen LogP contribution is -2.38. The second-order valence-electron chi connectivity index (χ2n) is 6.79. The van der Waals surface area contributed by atoms with E-state index in [9.17, 15) is 9.59 Å². The highest BCUT2D eigenvalue weighted by molar-refractivity contribution is 6.52. The van der Waals surface area contributed by atoms with Gasteiger partial charge in [-0.15, -0.1) is 0 Å². The number of amides is 1. The highest BCUT2D eigenvalue weighted by Crippen LogP contribution is 2.33. The van der Waals surface area contributed by atoms with Crippen molar-refractivity contribution in [3.8, 4) is 0 Å². The molecule has 1 amide bonds. The third-order valence-corrected chi connectivity index (χ3v) is 3.61. The van der Waals surface area contributed by atoms with Gasteiger partial charge in [0.1, 0.15) is 0 Å². The second-order valence-corrected chi connectivity index (χ2v) is 6.79. The second kappa shape index (κ2) is 5.60. The van der Waals surface area contributed by atoms with E-state index in [1.807, 2.05) is 26.0 Å². The lowest BCUT2D eigenvalue weighted by molar-refractivity contribution is -0.114. The maximum atomic E-state index is 12.2. The number of nitrogens with zero attached hydrogens (tertiary/aromatic N) is 1. The van der Waals surface area contributed by atoms with Crippen LogP contribution < -0.4 is 10.2 Å². The molecule has 21 heavy (non-hydrogen) atoms. The van der Waals surface area contributed by atoms with Crippen LogP contribution in [0.25, 0.3) is 0 Å². The summed E-state index contributed by atoms with van der Waals surface area (Å²) in [7, 11) is 0. The topological polar surface area (TPSA) is 49.4 Å². The van der Waals surface area contributed by atoms with Crippen molar-refractivity contribution in [3.05, 3.63) is 28.8 Å². The standard InChI is InChI=1S/C17H24N2O2/c1-11-9-12(2)14-13(10-11)15(20)16(21)19(14)8-6-7-18-17(3,4)5/h9-10,18H,6-8H2,1-5H3. The van der Waals surface area contributed by atoms with Crippen LogP contribution in [0.4, 0.5) is 5.69 Å². The fraction of sp³-hybridized carbons (Fsp3) is 0.529. The van der Waals surface area contributed by atoms with E-state index in [1.165, 1.54) is 0 Å². The van der Waals surface area contributed by atoms with Gasteiger partial charge in [-0.1, -0.05) is 6.07 Å². The van der Waals surface area contributed by atoms with Crippen molar-refractivity contribution in [3.63, 3.8) is 0 Å². The van der Waals surface area contributed by atoms with Crippen LogP contribution in [0, 0.1) is 13.8 Å². The van der Waals surface area contributed by atoms with Crippen LogP contribution >= 0.6 is 0 Å². The van der Waals surface area contributed by atoms with E-state index in [-0.39, 0.29) is 11.3 Å². The summed E-state index contributed by atoms with van der Waals surface area (Å²) in [6, 6.07) is 3.83. The van der Waals surface area contributed by atoms with Gasteiger partial charge in [0.05, 0.1) is 11.3 Å². The Balaban J connectivity index is 2.12. The molecule has 0 saturated heterocycles. The van der Waals surface area contributed by atoms with Gasteiger partial charge < -0.3 is 10.2 Å². The Morgan fingerprint density at radius 1 is 1.14 bits per heavy atom. The summed E-state index contributed by atoms with van der Waals surface area (Å²) >= 11 is 0. The lowest BCUT2D eigenvalue weighted by atomic mass is 10.0. The molecule has 1 aliphatic heterocycles. The van der Waals surface area contributed by atoms with Crippen LogP contribution in [-0.4, -0.2) is 30.3 Å². The number of carbonyl (C=O) groups is 2. The number of ketones is 1. The van der Waals surface area contributed by atoms with Gasteiger partial charge >= 0.3 is 0 Å². The molecule has 1 aliphatic rings. The van der Waals surface area contributed by atoms with Crippen molar-refractivity contribution in [1.29, 1.82) is 0 Å². The largest absolute Gasteiger partial charge is 0.312 e. The molecule has 0 atom stereocenters. The van der Waals surface area contributed by atoms with Crippen LogP contribution in [0.1, 0.15) is 48.7 Å². The van der Waals surface area contributed by atoms with Crippen LogP contribution in [0.3, 0.4) is 0 Å². The zero-order valence-electron chi connectivity index (χ0n) is 13.5. The van der Waals surface area contributed by atoms with E-state index in [1.54, 1.807) is 4.90 Å². The number of anilines is 1. The minimum atomic E-state index is -0.394. The molecule has 1 heterocycles. The number of carbonyl (C=O) groups excluding carboxylic acids is 2. The van der Waals surface area contributed by atoms with Gasteiger partial charge in [0, 0.05) is 12.1 Å². The molecular formula is C17H24N2O2. The number of nitrogens with one attached hydrogen (secondary N) is 1. The molecule has 114 valence electrons. The number of Topliss-reactive ketones (excluding diaryl/α,β-unsaturated/α-hetero) is 1. The van der Waals surface area contributed by atoms with Crippen molar-refractivity contribution >= 4 is 17.4 Å². The van der Waals surface area contributed by atoms with Gasteiger partial charge in [0.25, 0.3) is 11.7 Å². The summed E-state index contributed by atoms with van der Waals surface area (Å²) in [6.45, 7) is 11.6. The number of fused-ring (bicyclic) bond motifs is 1. The summed E-state index contributed by atoms with van der Waals surface area (Å²) in [6.07, 6.45) is 0.822. The Kier molecular flexibility index (Phi) is 4.19. The highest BCUT2D eigenvalue weighted by Gasteiger charge is 2.36. The summed E-state index contributed by atoms with van der Waals surface area (Å²) in [4.78, 5) is 25.9. The van der Waals surface area contributed by atoms with Crippen molar-refractivity contribution in [1.82, 2.24) is 5.32 Å². The first-order valence-electron chi connectivity index (χ1n) is 7.43. The molecule has 2 rings (SSSR count). The van der Waals surface area contributed by atoms with Crippen molar-refractivity contribution in [2.24, 2.45) is 0 Å². The van der Waals surface area contributed by atoms with Gasteiger partial charge in [-0.2, -0.15) is 0 Å². The van der Waals surface area contributed by atoms with E-state index < -0.39 is 5.91 Å². The van der Waals surface area contributed by atoms with Gasteiger partial charge in [-0.3, -0.25) is 9.59 Å². The first-order valence-corrected chi connectivity index (χ1v) is 7.43. The summed E-state index contributed by atoms with van der Waals surface area (Å²) < 4.78 is 0. The molecule has 4 heteroatoms. The van der Waals surface area contributed by atoms with Crippen molar-refractivity contribution in [2.75, 3.05) is 18.0 Å². The first-order chi connectivity index (χ1) is 9.70. The lowest BCUT2D eigenvalue weighted by Gasteiger charge is -2.23. The number of rotatable bonds is 4. The van der Waals surface area contributed by atoms with E-state index in [4.69, 9.17) is 0 Å². The molecule has 0 saturated carbocycles. The Morgan fingerprint density at radius 3 is 2.43 bits per heavy atom. The average molecular weight is 288 g/mol. The molecule has 0 aliphatic carbocycles. The Bertz CT molecular complexity index is 585. The predicted octanol–water partition coefficient (Wildman–Crippen LogP) is 2.61. The Morgan fingerprint density at radius 2 is 1.81 bits per heavy atom. The Labute approximate surface area is 126 Å². The van der Waals surface area contributed by atoms with Gasteiger partial charge in [0.15, 0.2) is 0 Å². The summed E-state index contributed by atoms with van der Waals surface area (Å²) in [5, 5.41) is 3.40. The molecule has 1 N–H and O–H groups in total. The molecule has 0 bridgehead atoms. The smallest absolute Gasteiger partial charge is 0.299 e. The van der Waals surface area contributed by atoms with E-state index in [2.05, 4.69) is 26.1 Å². The number of hydrogen-bond donors (Lipinski definition) is 1. The molecular weight excluding hydrogens is 264 g/mol. The molecule has 0 radical (unpaired) electrons. The Hall–Kier alpha value is -1.68. The van der Waals surface area contributed by atoms with Gasteiger partial charge in [-0.25, -0.2) is 0 Å². The molecule has 1 aromatic carbocycles. The van der Waals surface area contributed by atoms with Crippen LogP contribution in [-0.2, 0) is 4.79 Å². The summed E-state index contributed by atoms with van der Waals surface area (Å²) in [5.74, 6) is -0.768. The minimum absolute atomic E-state index is 0.0653. The molecule has 1 aromatic rings. The molecule has 0 fully saturated rings. The fourth-order valence-electron chi connectivity index (χ4n) is 2.74. The van der Waals surface area contributed by atoms with Crippen LogP contribution in [0.2, 0.25) is 0 Å². The molecule has 0 unspecified atom stereocenters. The van der Waals surface area contributed by atoms with E-state index >= 15 is 0 Å². The number of hydrogen-bond acceptors (Lipinski definition) is 3. The van der Waals surface area contributed by atoms with E-state index in [0.717, 1.165) is 29.8 Å². The molecule has 0 aromatic heterocycles. The monoisotopic (exact) mass is 288 g/mol. The maximum absolute atomic E-state index is 12.2. The van der Waals surface area contributed by atoms with Gasteiger partial charge in [0.2, 0.25) is 0 Å². The fourth-order valence-corrected chi connectivity index (χ4v) is 2.74. The van der Waals surface area contributed by atoms with E-state index in [0.29, 0.717) is 12.1 Å². The minimum Gasteiger partial charge on any atom is -0.312 e. The average Bonchev–Trinajstić information content (AvgIpc) is 2.58. The highest BCUT2D eigenvalue weighted by atomic mass is 16.2. The van der Waals surface area contributed by atoms with Crippen LogP contribution in [0.5, 0.6) is 0 Å². The summed E-state index contributed by atoms with van der Waals surface area (Å²) in [5.41, 5.74) is 3.43. The van der Waals surface area contributed by atoms with Gasteiger partial charge in [-0.05, 0) is 64.8 Å². The predicted molar refractivity (Wildman–Crippen MR) is 85.0 cm³/mol. The molecule has 4 nitrogen and oxygen atoms in total. The number of benzene rings is 1. The zero-order chi connectivity index (χ0) is 15.8. The SMILES string of the molecule is Cc1cc(C)c2c(c1)C(=O)C(=O)N2CCCNC(C)(C)C. The molecule has 0 spiro atoms. The normalized spacial score (nSPS) is 14.8. The zero-order valence-corrected chi connectivity index (χ0v) is 13.5. The maximum Gasteiger partial charge on any atom is 0.299 e. The third-order valence-electron chi connectivity index (χ3n) is 3.61. The first kappa shape index (κ1) is 15.7. The van der Waals surface area contributed by atoms with Crippen molar-refractivity contribution < 1.29 is 9.59 Å². The van der Waals surface area contributed by atoms with Crippen LogP contribution in [0.15, 0.2) is 12.1 Å². The number of aryl methyl sites for hydroxylation is 2. The quantitative estimate of drug-likeness (QED) is 0.684. The van der Waals surface area contributed by atoms with Crippen molar-refractivity contribution in [2.45, 2.75) is 46.6 Å².